The molecular weight excluding hydrogens is 338 g/mol. The highest BCUT2D eigenvalue weighted by atomic mass is 32.1. The molecule has 6 nitrogen and oxygen atoms in total. The molecule has 0 bridgehead atoms. The number of nitrogens with zero attached hydrogens (tertiary/aromatic N) is 1. The number of thiophene rings is 1. The minimum absolute atomic E-state index is 0.163. The van der Waals surface area contributed by atoms with Crippen LogP contribution in [0.25, 0.3) is 0 Å². The number of carbonyl (C=O) groups is 3. The lowest BCUT2D eigenvalue weighted by molar-refractivity contribution is -0.136. The van der Waals surface area contributed by atoms with Gasteiger partial charge in [-0.25, -0.2) is 0 Å². The molecule has 0 fully saturated rings. The third kappa shape index (κ3) is 3.02. The van der Waals surface area contributed by atoms with Crippen molar-refractivity contribution >= 4 is 40.4 Å². The van der Waals surface area contributed by atoms with E-state index >= 15 is 0 Å². The zero-order chi connectivity index (χ0) is 17.4. The molecule has 128 valence electrons. The fourth-order valence-electron chi connectivity index (χ4n) is 3.37. The van der Waals surface area contributed by atoms with Crippen molar-refractivity contribution in [3.63, 3.8) is 0 Å². The lowest BCUT2D eigenvalue weighted by atomic mass is 9.98. The van der Waals surface area contributed by atoms with Crippen LogP contribution in [0.1, 0.15) is 23.1 Å². The monoisotopic (exact) mass is 355 g/mol. The van der Waals surface area contributed by atoms with Crippen molar-refractivity contribution in [3.8, 4) is 0 Å². The van der Waals surface area contributed by atoms with E-state index in [1.54, 1.807) is 11.3 Å². The number of hydrogen-bond donors (Lipinski definition) is 2. The van der Waals surface area contributed by atoms with E-state index in [9.17, 15) is 14.4 Å². The summed E-state index contributed by atoms with van der Waals surface area (Å²) in [5.41, 5.74) is 4.69. The van der Waals surface area contributed by atoms with E-state index in [0.717, 1.165) is 28.8 Å². The summed E-state index contributed by atoms with van der Waals surface area (Å²) in [4.78, 5) is 37.9. The zero-order valence-corrected chi connectivity index (χ0v) is 14.3. The summed E-state index contributed by atoms with van der Waals surface area (Å²) in [7, 11) is 0. The Bertz CT molecular complexity index is 861. The van der Waals surface area contributed by atoms with Crippen LogP contribution < -0.4 is 15.5 Å². The van der Waals surface area contributed by atoms with Crippen LogP contribution in [0.15, 0.2) is 29.0 Å². The van der Waals surface area contributed by atoms with Crippen molar-refractivity contribution in [2.24, 2.45) is 0 Å². The van der Waals surface area contributed by atoms with Gasteiger partial charge in [0.2, 0.25) is 5.91 Å². The molecule has 0 saturated carbocycles. The maximum absolute atomic E-state index is 12.1. The van der Waals surface area contributed by atoms with Crippen molar-refractivity contribution in [2.75, 3.05) is 16.8 Å². The number of anilines is 2. The molecule has 0 aliphatic carbocycles. The topological polar surface area (TPSA) is 78.5 Å². The number of carbonyl (C=O) groups excluding carboxylic acids is 3. The predicted molar refractivity (Wildman–Crippen MR) is 95.6 cm³/mol. The van der Waals surface area contributed by atoms with E-state index in [1.165, 1.54) is 0 Å². The lowest BCUT2D eigenvalue weighted by Gasteiger charge is -2.25. The molecule has 0 unspecified atom stereocenters. The van der Waals surface area contributed by atoms with E-state index in [0.29, 0.717) is 31.6 Å². The maximum atomic E-state index is 12.1. The van der Waals surface area contributed by atoms with Gasteiger partial charge in [0.25, 0.3) is 0 Å². The molecule has 0 spiro atoms. The molecule has 2 aromatic rings. The summed E-state index contributed by atoms with van der Waals surface area (Å²) in [6, 6.07) is 5.64. The van der Waals surface area contributed by atoms with Gasteiger partial charge in [0.05, 0.1) is 5.69 Å². The Kier molecular flexibility index (Phi) is 4.01. The zero-order valence-electron chi connectivity index (χ0n) is 13.5. The van der Waals surface area contributed by atoms with Crippen molar-refractivity contribution < 1.29 is 14.4 Å². The highest BCUT2D eigenvalue weighted by Crippen LogP contribution is 2.38. The van der Waals surface area contributed by atoms with Crippen LogP contribution in [0.3, 0.4) is 0 Å². The Morgan fingerprint density at radius 1 is 1.12 bits per heavy atom. The fraction of sp³-hybridized carbons (Fsp3) is 0.278. The number of amides is 3. The highest BCUT2D eigenvalue weighted by molar-refractivity contribution is 7.07. The van der Waals surface area contributed by atoms with Gasteiger partial charge in [-0.15, -0.1) is 0 Å². The van der Waals surface area contributed by atoms with E-state index in [4.69, 9.17) is 0 Å². The second-order valence-electron chi connectivity index (χ2n) is 6.21. The maximum Gasteiger partial charge on any atom is 0.313 e. The molecule has 0 saturated heterocycles. The molecule has 3 amide bonds. The summed E-state index contributed by atoms with van der Waals surface area (Å²) in [5.74, 6) is -1.17. The number of benzene rings is 1. The molecule has 0 atom stereocenters. The first kappa shape index (κ1) is 15.8. The summed E-state index contributed by atoms with van der Waals surface area (Å²) < 4.78 is 0. The Balaban J connectivity index is 1.45. The number of rotatable bonds is 3. The van der Waals surface area contributed by atoms with Gasteiger partial charge in [-0.3, -0.25) is 14.4 Å². The minimum Gasteiger partial charge on any atom is -0.344 e. The van der Waals surface area contributed by atoms with Crippen LogP contribution in [0.5, 0.6) is 0 Å². The summed E-state index contributed by atoms with van der Waals surface area (Å²) in [5, 5.41) is 9.14. The first-order chi connectivity index (χ1) is 12.1. The Hall–Kier alpha value is -2.67. The van der Waals surface area contributed by atoms with Gasteiger partial charge in [-0.2, -0.15) is 11.3 Å². The van der Waals surface area contributed by atoms with Gasteiger partial charge in [-0.1, -0.05) is 0 Å². The predicted octanol–water partition coefficient (Wildman–Crippen LogP) is 1.84. The fourth-order valence-corrected chi connectivity index (χ4v) is 4.04. The highest BCUT2D eigenvalue weighted by Gasteiger charge is 2.31. The lowest BCUT2D eigenvalue weighted by Crippen LogP contribution is -2.35. The molecule has 2 aliphatic rings. The summed E-state index contributed by atoms with van der Waals surface area (Å²) >= 11 is 1.54. The molecule has 25 heavy (non-hydrogen) atoms. The Labute approximate surface area is 148 Å². The molecule has 1 aromatic heterocycles. The summed E-state index contributed by atoms with van der Waals surface area (Å²) in [6.45, 7) is 1.03. The third-order valence-electron chi connectivity index (χ3n) is 4.55. The molecule has 1 aromatic carbocycles. The van der Waals surface area contributed by atoms with E-state index in [2.05, 4.69) is 10.6 Å². The molecule has 2 aliphatic heterocycles. The van der Waals surface area contributed by atoms with Crippen molar-refractivity contribution in [1.29, 1.82) is 0 Å². The van der Waals surface area contributed by atoms with Crippen LogP contribution >= 0.6 is 11.3 Å². The van der Waals surface area contributed by atoms with Crippen LogP contribution in [0, 0.1) is 0 Å². The normalized spacial score (nSPS) is 15.0. The molecule has 0 radical (unpaired) electrons. The van der Waals surface area contributed by atoms with Crippen molar-refractivity contribution in [3.05, 3.63) is 45.6 Å². The number of hydrogen-bond acceptors (Lipinski definition) is 4. The van der Waals surface area contributed by atoms with Crippen LogP contribution in [-0.4, -0.2) is 24.3 Å². The van der Waals surface area contributed by atoms with E-state index in [1.807, 2.05) is 33.9 Å². The number of nitrogens with one attached hydrogen (secondary N) is 2. The molecule has 4 rings (SSSR count). The van der Waals surface area contributed by atoms with Gasteiger partial charge >= 0.3 is 11.8 Å². The average molecular weight is 355 g/mol. The Morgan fingerprint density at radius 2 is 1.92 bits per heavy atom. The van der Waals surface area contributed by atoms with Gasteiger partial charge < -0.3 is 15.5 Å². The molecule has 3 heterocycles. The van der Waals surface area contributed by atoms with Crippen molar-refractivity contribution in [2.45, 2.75) is 25.8 Å². The smallest absolute Gasteiger partial charge is 0.313 e. The molecule has 2 N–H and O–H groups in total. The molecular formula is C18H17N3O3S. The van der Waals surface area contributed by atoms with Gasteiger partial charge in [0, 0.05) is 25.2 Å². The minimum atomic E-state index is -0.677. The standard InChI is InChI=1S/C18H17N3O3S/c22-15-2-1-12-7-14(8-13-3-5-21(15)16(12)13)20-18(24)17(23)19-9-11-4-6-25-10-11/h4,6-8,10H,1-3,5,9H2,(H,19,23)(H,20,24). The largest absolute Gasteiger partial charge is 0.344 e. The van der Waals surface area contributed by atoms with E-state index < -0.39 is 11.8 Å². The van der Waals surface area contributed by atoms with Gasteiger partial charge in [-0.05, 0) is 58.5 Å². The number of aryl methyl sites for hydroxylation is 1. The van der Waals surface area contributed by atoms with Crippen molar-refractivity contribution in [1.82, 2.24) is 5.32 Å². The second-order valence-corrected chi connectivity index (χ2v) is 6.99. The van der Waals surface area contributed by atoms with Crippen LogP contribution in [-0.2, 0) is 33.8 Å². The quantitative estimate of drug-likeness (QED) is 0.825. The summed E-state index contributed by atoms with van der Waals surface area (Å²) in [6.07, 6.45) is 1.94. The average Bonchev–Trinajstić information content (AvgIpc) is 3.26. The molecule has 7 heteroatoms. The van der Waals surface area contributed by atoms with Crippen LogP contribution in [0.2, 0.25) is 0 Å². The van der Waals surface area contributed by atoms with E-state index in [-0.39, 0.29) is 5.91 Å². The first-order valence-corrected chi connectivity index (χ1v) is 9.12. The first-order valence-electron chi connectivity index (χ1n) is 8.18. The second kappa shape index (κ2) is 6.33. The van der Waals surface area contributed by atoms with Crippen LogP contribution in [0.4, 0.5) is 11.4 Å². The SMILES string of the molecule is O=C(NCc1ccsc1)C(=O)Nc1cc2c3c(c1)CCN3C(=O)CC2. The Morgan fingerprint density at radius 3 is 2.68 bits per heavy atom. The van der Waals surface area contributed by atoms with Gasteiger partial charge in [0.15, 0.2) is 0 Å². The third-order valence-corrected chi connectivity index (χ3v) is 5.28. The van der Waals surface area contributed by atoms with Gasteiger partial charge in [0.1, 0.15) is 0 Å².